The van der Waals surface area contributed by atoms with Crippen molar-refractivity contribution < 1.29 is 32.7 Å². The monoisotopic (exact) mass is 377 g/mol. The van der Waals surface area contributed by atoms with Gasteiger partial charge in [-0.1, -0.05) is 0 Å². The number of ether oxygens (including phenoxy) is 1. The molecule has 0 unspecified atom stereocenters. The molecular weight excluding hydrogens is 362 g/mol. The van der Waals surface area contributed by atoms with Gasteiger partial charge in [0.1, 0.15) is 18.3 Å². The maximum absolute atomic E-state index is 12.1. The van der Waals surface area contributed by atoms with Crippen molar-refractivity contribution in [2.24, 2.45) is 5.73 Å². The Labute approximate surface area is 139 Å². The van der Waals surface area contributed by atoms with Gasteiger partial charge in [0, 0.05) is 12.3 Å². The lowest BCUT2D eigenvalue weighted by Gasteiger charge is -2.48. The van der Waals surface area contributed by atoms with E-state index in [1.807, 2.05) is 4.98 Å². The summed E-state index contributed by atoms with van der Waals surface area (Å²) in [7, 11) is -4.33. The number of aromatic nitrogens is 2. The molecule has 0 aliphatic carbocycles. The maximum atomic E-state index is 12.1. The first-order chi connectivity index (χ1) is 11.6. The Kier molecular flexibility index (Phi) is 4.09. The number of H-pyrrole nitrogens is 1. The third kappa shape index (κ3) is 2.61. The molecule has 13 heteroatoms. The lowest BCUT2D eigenvalue weighted by Crippen LogP contribution is -2.67. The molecular formula is C12H15N3O9S. The first kappa shape index (κ1) is 17.8. The molecule has 1 spiro atoms. The quantitative estimate of drug-likeness (QED) is 0.317. The number of aromatic amines is 1. The Morgan fingerprint density at radius 1 is 1.36 bits per heavy atom. The molecule has 5 atom stereocenters. The molecule has 0 radical (unpaired) electrons. The van der Waals surface area contributed by atoms with Crippen molar-refractivity contribution in [1.29, 1.82) is 0 Å². The largest absolute Gasteiger partial charge is 0.399 e. The summed E-state index contributed by atoms with van der Waals surface area (Å²) in [6.07, 6.45) is -5.81. The number of aliphatic hydroxyl groups is 3. The predicted molar refractivity (Wildman–Crippen MR) is 79.3 cm³/mol. The summed E-state index contributed by atoms with van der Waals surface area (Å²) in [6, 6.07) is 0.952. The van der Waals surface area contributed by atoms with Crippen molar-refractivity contribution >= 4 is 10.1 Å². The van der Waals surface area contributed by atoms with E-state index in [1.54, 1.807) is 0 Å². The smallest absolute Gasteiger partial charge is 0.330 e. The van der Waals surface area contributed by atoms with Gasteiger partial charge in [-0.25, -0.2) is 8.98 Å². The van der Waals surface area contributed by atoms with Crippen LogP contribution in [0.2, 0.25) is 0 Å². The van der Waals surface area contributed by atoms with Gasteiger partial charge in [0.25, 0.3) is 15.7 Å². The average Bonchev–Trinajstić information content (AvgIpc) is 2.76. The van der Waals surface area contributed by atoms with E-state index in [-0.39, 0.29) is 0 Å². The van der Waals surface area contributed by atoms with Crippen LogP contribution in [0.3, 0.4) is 0 Å². The number of aliphatic hydroxyl groups excluding tert-OH is 3. The van der Waals surface area contributed by atoms with Crippen LogP contribution in [0.4, 0.5) is 0 Å². The summed E-state index contributed by atoms with van der Waals surface area (Å²) in [5.41, 5.74) is 1.12. The number of nitrogens with two attached hydrogens (primary N) is 1. The highest BCUT2D eigenvalue weighted by Gasteiger charge is 2.64. The highest BCUT2D eigenvalue weighted by atomic mass is 32.2. The highest BCUT2D eigenvalue weighted by Crippen LogP contribution is 2.46. The van der Waals surface area contributed by atoms with E-state index in [1.165, 1.54) is 0 Å². The highest BCUT2D eigenvalue weighted by molar-refractivity contribution is 7.90. The molecule has 12 nitrogen and oxygen atoms in total. The molecule has 2 aliphatic heterocycles. The zero-order chi connectivity index (χ0) is 18.6. The van der Waals surface area contributed by atoms with Gasteiger partial charge >= 0.3 is 5.69 Å². The molecule has 138 valence electrons. The van der Waals surface area contributed by atoms with Gasteiger partial charge in [0.05, 0.1) is 17.7 Å². The molecule has 1 fully saturated rings. The molecule has 0 aromatic carbocycles. The molecule has 3 rings (SSSR count). The minimum Gasteiger partial charge on any atom is -0.399 e. The van der Waals surface area contributed by atoms with E-state index < -0.39 is 63.8 Å². The summed E-state index contributed by atoms with van der Waals surface area (Å²) in [6.45, 7) is -0.751. The lowest BCUT2D eigenvalue weighted by atomic mass is 9.83. The number of rotatable bonds is 2. The van der Waals surface area contributed by atoms with Crippen LogP contribution in [-0.2, 0) is 19.0 Å². The van der Waals surface area contributed by atoms with Crippen LogP contribution in [0.5, 0.6) is 0 Å². The van der Waals surface area contributed by atoms with Gasteiger partial charge in [-0.3, -0.25) is 14.3 Å². The first-order valence-electron chi connectivity index (χ1n) is 6.99. The second-order valence-corrected chi connectivity index (χ2v) is 6.99. The first-order valence-corrected chi connectivity index (χ1v) is 8.47. The molecule has 1 saturated heterocycles. The van der Waals surface area contributed by atoms with Crippen molar-refractivity contribution in [3.63, 3.8) is 0 Å². The van der Waals surface area contributed by atoms with Crippen LogP contribution in [0.25, 0.3) is 0 Å². The average molecular weight is 377 g/mol. The van der Waals surface area contributed by atoms with Crippen molar-refractivity contribution in [3.05, 3.63) is 44.2 Å². The summed E-state index contributed by atoms with van der Waals surface area (Å²) in [5.74, 6) is 0. The fourth-order valence-electron chi connectivity index (χ4n) is 2.90. The minimum absolute atomic E-state index is 0.515. The molecule has 0 amide bonds. The van der Waals surface area contributed by atoms with Crippen LogP contribution in [0, 0.1) is 0 Å². The molecule has 1 aromatic rings. The normalized spacial score (nSPS) is 37.2. The standard InChI is InChI=1S/C12H15N3O9S/c13-6-4-25(21,22)24-12(6)9(19)8(18)5(3-16)23-10(12)15-2-1-7(17)14-11(15)20/h1-2,4-5,8-10,16,18-19H,3,13H2,(H,14,17,20)/t5-,8+,9+,10-,12+/m1/s1. The fourth-order valence-corrected chi connectivity index (χ4v) is 4.11. The van der Waals surface area contributed by atoms with Gasteiger partial charge in [-0.15, -0.1) is 0 Å². The zero-order valence-electron chi connectivity index (χ0n) is 12.5. The minimum atomic E-state index is -4.33. The predicted octanol–water partition coefficient (Wildman–Crippen LogP) is -3.95. The van der Waals surface area contributed by atoms with Crippen molar-refractivity contribution in [2.75, 3.05) is 6.61 Å². The van der Waals surface area contributed by atoms with Crippen LogP contribution >= 0.6 is 0 Å². The van der Waals surface area contributed by atoms with Gasteiger partial charge in [0.15, 0.2) is 6.23 Å². The molecule has 0 saturated carbocycles. The zero-order valence-corrected chi connectivity index (χ0v) is 13.3. The Morgan fingerprint density at radius 3 is 2.56 bits per heavy atom. The summed E-state index contributed by atoms with van der Waals surface area (Å²) < 4.78 is 34.7. The summed E-state index contributed by atoms with van der Waals surface area (Å²) in [4.78, 5) is 25.3. The Balaban J connectivity index is 2.23. The van der Waals surface area contributed by atoms with E-state index in [2.05, 4.69) is 0 Å². The van der Waals surface area contributed by atoms with Gasteiger partial charge in [-0.05, 0) is 0 Å². The van der Waals surface area contributed by atoms with E-state index in [4.69, 9.17) is 14.7 Å². The summed E-state index contributed by atoms with van der Waals surface area (Å²) in [5, 5.41) is 30.4. The van der Waals surface area contributed by atoms with Gasteiger partial charge < -0.3 is 25.8 Å². The van der Waals surface area contributed by atoms with Gasteiger partial charge in [-0.2, -0.15) is 8.42 Å². The van der Waals surface area contributed by atoms with Crippen LogP contribution < -0.4 is 17.0 Å². The number of hydrogen-bond donors (Lipinski definition) is 5. The fraction of sp³-hybridized carbons (Fsp3) is 0.500. The summed E-state index contributed by atoms with van der Waals surface area (Å²) >= 11 is 0. The van der Waals surface area contributed by atoms with Crippen molar-refractivity contribution in [2.45, 2.75) is 30.1 Å². The SMILES string of the molecule is NC1=CS(=O)(=O)O[C@]12[C@@H](O)[C@@H](O)[C@@H](CO)O[C@H]2n1ccc(=O)[nH]c1=O. The van der Waals surface area contributed by atoms with Gasteiger partial charge in [0.2, 0.25) is 5.60 Å². The Hall–Kier alpha value is -2.03. The van der Waals surface area contributed by atoms with Crippen LogP contribution in [-0.4, -0.2) is 63.8 Å². The Bertz CT molecular complexity index is 936. The number of nitrogens with one attached hydrogen (secondary N) is 1. The van der Waals surface area contributed by atoms with E-state index in [9.17, 15) is 33.3 Å². The number of nitrogens with zero attached hydrogens (tertiary/aromatic N) is 1. The number of hydrogen-bond acceptors (Lipinski definition) is 10. The lowest BCUT2D eigenvalue weighted by molar-refractivity contribution is -0.274. The topological polar surface area (TPSA) is 194 Å². The van der Waals surface area contributed by atoms with Crippen LogP contribution in [0.15, 0.2) is 33.0 Å². The molecule has 1 aromatic heterocycles. The van der Waals surface area contributed by atoms with Crippen molar-refractivity contribution in [1.82, 2.24) is 9.55 Å². The molecule has 2 aliphatic rings. The molecule has 25 heavy (non-hydrogen) atoms. The third-order valence-corrected chi connectivity index (χ3v) is 5.13. The second-order valence-electron chi connectivity index (χ2n) is 5.60. The molecule has 3 heterocycles. The second kappa shape index (κ2) is 5.76. The van der Waals surface area contributed by atoms with Crippen LogP contribution in [0.1, 0.15) is 6.23 Å². The van der Waals surface area contributed by atoms with E-state index >= 15 is 0 Å². The molecule has 0 bridgehead atoms. The maximum Gasteiger partial charge on any atom is 0.330 e. The molecule has 6 N–H and O–H groups in total. The third-order valence-electron chi connectivity index (χ3n) is 4.07. The van der Waals surface area contributed by atoms with E-state index in [0.717, 1.165) is 16.8 Å². The van der Waals surface area contributed by atoms with Crippen molar-refractivity contribution in [3.8, 4) is 0 Å². The Morgan fingerprint density at radius 2 is 2.04 bits per heavy atom. The van der Waals surface area contributed by atoms with E-state index in [0.29, 0.717) is 5.41 Å².